The normalized spacial score (nSPS) is 10.1. The van der Waals surface area contributed by atoms with Gasteiger partial charge in [0.1, 0.15) is 13.6 Å². The lowest BCUT2D eigenvalue weighted by atomic mass is 10.0. The van der Waals surface area contributed by atoms with E-state index in [0.717, 1.165) is 12.3 Å². The Morgan fingerprint density at radius 2 is 1.86 bits per heavy atom. The molecule has 0 bridgehead atoms. The minimum Gasteiger partial charge on any atom is -0.404 e. The fourth-order valence-electron chi connectivity index (χ4n) is 0.586. The van der Waals surface area contributed by atoms with Gasteiger partial charge in [0.25, 0.3) is 0 Å². The van der Waals surface area contributed by atoms with Gasteiger partial charge in [-0.3, -0.25) is 4.98 Å². The van der Waals surface area contributed by atoms with Gasteiger partial charge >= 0.3 is 6.36 Å². The average molecular weight is 203 g/mol. The molecule has 0 atom stereocenters. The minimum atomic E-state index is -4.68. The molecule has 0 N–H and O–H groups in total. The van der Waals surface area contributed by atoms with E-state index in [1.165, 1.54) is 6.07 Å². The number of nitrogens with zero attached hydrogens (tertiary/aromatic N) is 1. The average Bonchev–Trinajstić information content (AvgIpc) is 2.10. The van der Waals surface area contributed by atoms with Crippen molar-refractivity contribution >= 4 is 13.4 Å². The molecule has 0 aliphatic rings. The lowest BCUT2D eigenvalue weighted by Crippen LogP contribution is -2.18. The molecular formula is C8H9BF3NO. The second kappa shape index (κ2) is 5.52. The third kappa shape index (κ3) is 5.45. The van der Waals surface area contributed by atoms with Gasteiger partial charge in [-0.15, -0.1) is 13.2 Å². The lowest BCUT2D eigenvalue weighted by Gasteiger charge is -2.07. The maximum atomic E-state index is 11.6. The van der Waals surface area contributed by atoms with Gasteiger partial charge in [-0.25, -0.2) is 0 Å². The molecule has 1 aromatic heterocycles. The molecule has 0 spiro atoms. The van der Waals surface area contributed by atoms with Crippen LogP contribution in [0.3, 0.4) is 0 Å². The van der Waals surface area contributed by atoms with E-state index < -0.39 is 6.36 Å². The summed E-state index contributed by atoms with van der Waals surface area (Å²) in [6, 6.07) is 2.32. The standard InChI is InChI=1S/C6H3BF3NO.C2H6/c7-5-2-1-4(3-11-5)12-6(8,9)10;1-2/h1-3H;1-2H3. The molecule has 2 radical (unpaired) electrons. The molecule has 0 aliphatic carbocycles. The van der Waals surface area contributed by atoms with Gasteiger partial charge in [0, 0.05) is 0 Å². The number of hydrogen-bond donors (Lipinski definition) is 0. The third-order valence-corrected chi connectivity index (χ3v) is 0.993. The van der Waals surface area contributed by atoms with Crippen LogP contribution in [0.2, 0.25) is 0 Å². The molecule has 6 heteroatoms. The van der Waals surface area contributed by atoms with E-state index in [2.05, 4.69) is 9.72 Å². The maximum Gasteiger partial charge on any atom is 0.573 e. The van der Waals surface area contributed by atoms with Crippen LogP contribution in [0.25, 0.3) is 0 Å². The highest BCUT2D eigenvalue weighted by atomic mass is 19.4. The number of rotatable bonds is 1. The van der Waals surface area contributed by atoms with Crippen molar-refractivity contribution in [1.82, 2.24) is 4.98 Å². The van der Waals surface area contributed by atoms with Crippen molar-refractivity contribution in [2.24, 2.45) is 0 Å². The van der Waals surface area contributed by atoms with Gasteiger partial charge in [0.05, 0.1) is 6.20 Å². The minimum absolute atomic E-state index is 0.143. The molecule has 0 aromatic carbocycles. The lowest BCUT2D eigenvalue weighted by molar-refractivity contribution is -0.274. The first-order valence-corrected chi connectivity index (χ1v) is 3.95. The van der Waals surface area contributed by atoms with Crippen molar-refractivity contribution in [3.8, 4) is 5.75 Å². The predicted octanol–water partition coefficient (Wildman–Crippen LogP) is 1.80. The summed E-state index contributed by atoms with van der Waals surface area (Å²) in [7, 11) is 5.14. The Hall–Kier alpha value is -1.20. The molecule has 76 valence electrons. The van der Waals surface area contributed by atoms with Crippen LogP contribution < -0.4 is 10.3 Å². The number of alkyl halides is 3. The zero-order chi connectivity index (χ0) is 11.2. The van der Waals surface area contributed by atoms with Gasteiger partial charge < -0.3 is 4.74 Å². The van der Waals surface area contributed by atoms with E-state index in [1.54, 1.807) is 0 Å². The highest BCUT2D eigenvalue weighted by molar-refractivity contribution is 6.30. The SMILES string of the molecule is CC.[B]c1ccc(OC(F)(F)F)cn1. The van der Waals surface area contributed by atoms with Crippen molar-refractivity contribution in [3.05, 3.63) is 18.3 Å². The second-order valence-electron chi connectivity index (χ2n) is 1.97. The summed E-state index contributed by atoms with van der Waals surface area (Å²) in [6.45, 7) is 4.00. The Labute approximate surface area is 81.5 Å². The van der Waals surface area contributed by atoms with Crippen molar-refractivity contribution in [1.29, 1.82) is 0 Å². The number of pyridine rings is 1. The molecule has 0 amide bonds. The summed E-state index contributed by atoms with van der Waals surface area (Å²) in [5, 5.41) is 0. The van der Waals surface area contributed by atoms with E-state index in [0.29, 0.717) is 0 Å². The topological polar surface area (TPSA) is 22.1 Å². The Morgan fingerprint density at radius 1 is 1.29 bits per heavy atom. The predicted molar refractivity (Wildman–Crippen MR) is 47.7 cm³/mol. The van der Waals surface area contributed by atoms with Crippen molar-refractivity contribution < 1.29 is 17.9 Å². The summed E-state index contributed by atoms with van der Waals surface area (Å²) in [4.78, 5) is 3.42. The fraction of sp³-hybridized carbons (Fsp3) is 0.375. The highest BCUT2D eigenvalue weighted by Crippen LogP contribution is 2.20. The third-order valence-electron chi connectivity index (χ3n) is 0.993. The van der Waals surface area contributed by atoms with E-state index in [1.807, 2.05) is 13.8 Å². The second-order valence-corrected chi connectivity index (χ2v) is 1.97. The first kappa shape index (κ1) is 12.8. The van der Waals surface area contributed by atoms with Crippen LogP contribution in [0, 0.1) is 0 Å². The summed E-state index contributed by atoms with van der Waals surface area (Å²) < 4.78 is 38.2. The van der Waals surface area contributed by atoms with Gasteiger partial charge in [-0.1, -0.05) is 13.8 Å². The van der Waals surface area contributed by atoms with E-state index >= 15 is 0 Å². The molecule has 14 heavy (non-hydrogen) atoms. The molecular weight excluding hydrogens is 194 g/mol. The molecule has 0 saturated carbocycles. The fourth-order valence-corrected chi connectivity index (χ4v) is 0.586. The molecule has 0 saturated heterocycles. The van der Waals surface area contributed by atoms with E-state index in [-0.39, 0.29) is 11.3 Å². The van der Waals surface area contributed by atoms with Crippen LogP contribution in [-0.2, 0) is 0 Å². The summed E-state index contributed by atoms with van der Waals surface area (Å²) in [5.74, 6) is -0.378. The number of aromatic nitrogens is 1. The van der Waals surface area contributed by atoms with Crippen LogP contribution in [-0.4, -0.2) is 19.2 Å². The maximum absolute atomic E-state index is 11.6. The van der Waals surface area contributed by atoms with E-state index in [9.17, 15) is 13.2 Å². The van der Waals surface area contributed by atoms with Crippen LogP contribution >= 0.6 is 0 Å². The van der Waals surface area contributed by atoms with Gasteiger partial charge in [0.2, 0.25) is 0 Å². The largest absolute Gasteiger partial charge is 0.573 e. The van der Waals surface area contributed by atoms with Crippen LogP contribution in [0.5, 0.6) is 5.75 Å². The van der Waals surface area contributed by atoms with Crippen LogP contribution in [0.4, 0.5) is 13.2 Å². The molecule has 0 aliphatic heterocycles. The van der Waals surface area contributed by atoms with Crippen molar-refractivity contribution in [3.63, 3.8) is 0 Å². The molecule has 1 heterocycles. The quantitative estimate of drug-likeness (QED) is 0.649. The first-order valence-electron chi connectivity index (χ1n) is 3.95. The summed E-state index contributed by atoms with van der Waals surface area (Å²) in [6.07, 6.45) is -3.78. The smallest absolute Gasteiger partial charge is 0.404 e. The summed E-state index contributed by atoms with van der Waals surface area (Å²) in [5.41, 5.74) is 0.143. The van der Waals surface area contributed by atoms with Gasteiger partial charge in [-0.05, 0) is 17.7 Å². The molecule has 0 fully saturated rings. The van der Waals surface area contributed by atoms with Crippen molar-refractivity contribution in [2.45, 2.75) is 20.2 Å². The molecule has 2 nitrogen and oxygen atoms in total. The monoisotopic (exact) mass is 203 g/mol. The Bertz CT molecular complexity index is 260. The zero-order valence-corrected chi connectivity index (χ0v) is 7.80. The van der Waals surface area contributed by atoms with Crippen molar-refractivity contribution in [2.75, 3.05) is 0 Å². The Morgan fingerprint density at radius 3 is 2.21 bits per heavy atom. The Kier molecular flexibility index (Phi) is 5.05. The van der Waals surface area contributed by atoms with Gasteiger partial charge in [0.15, 0.2) is 0 Å². The van der Waals surface area contributed by atoms with E-state index in [4.69, 9.17) is 7.85 Å². The molecule has 1 aromatic rings. The molecule has 0 unspecified atom stereocenters. The van der Waals surface area contributed by atoms with Crippen LogP contribution in [0.15, 0.2) is 18.3 Å². The number of ether oxygens (including phenoxy) is 1. The Balaban J connectivity index is 0.000000791. The number of halogens is 3. The van der Waals surface area contributed by atoms with Crippen LogP contribution in [0.1, 0.15) is 13.8 Å². The molecule has 1 rings (SSSR count). The number of hydrogen-bond acceptors (Lipinski definition) is 2. The van der Waals surface area contributed by atoms with Gasteiger partial charge in [-0.2, -0.15) is 0 Å². The first-order chi connectivity index (χ1) is 6.47. The zero-order valence-electron chi connectivity index (χ0n) is 7.80. The highest BCUT2D eigenvalue weighted by Gasteiger charge is 2.31. The summed E-state index contributed by atoms with van der Waals surface area (Å²) >= 11 is 0.